The van der Waals surface area contributed by atoms with Crippen molar-refractivity contribution in [1.29, 1.82) is 0 Å². The summed E-state index contributed by atoms with van der Waals surface area (Å²) in [6.45, 7) is 5.45. The number of rotatable bonds is 3. The summed E-state index contributed by atoms with van der Waals surface area (Å²) >= 11 is 0. The number of amides is 1. The van der Waals surface area contributed by atoms with Crippen molar-refractivity contribution in [2.45, 2.75) is 32.7 Å². The molecule has 0 spiro atoms. The number of nitrogens with one attached hydrogen (secondary N) is 1. The summed E-state index contributed by atoms with van der Waals surface area (Å²) in [4.78, 5) is 13.6. The summed E-state index contributed by atoms with van der Waals surface area (Å²) in [7, 11) is -5.50. The molecule has 1 aromatic carbocycles. The van der Waals surface area contributed by atoms with Gasteiger partial charge in [0.05, 0.1) is 5.69 Å². The molecule has 5 nitrogen and oxygen atoms in total. The molecule has 1 N–H and O–H groups in total. The topological polar surface area (TPSA) is 66.5 Å². The monoisotopic (exact) mass is 350 g/mol. The van der Waals surface area contributed by atoms with Gasteiger partial charge in [0.1, 0.15) is 0 Å². The maximum Gasteiger partial charge on any atom is 0.516 e. The standard InChI is InChI=1S/C14H17F3N2O3S/c1-8-4-5-19(13(8)20)12-7-11(9(2)6-10(12)3)18-23(21,22)14(15,16)17/h6-8,18H,4-5H2,1-3H3. The molecular formula is C14H17F3N2O3S. The lowest BCUT2D eigenvalue weighted by molar-refractivity contribution is -0.119. The molecule has 1 fully saturated rings. The third kappa shape index (κ3) is 3.29. The molecule has 0 radical (unpaired) electrons. The molecule has 1 unspecified atom stereocenters. The fraction of sp³-hybridized carbons (Fsp3) is 0.500. The molecule has 1 heterocycles. The highest BCUT2D eigenvalue weighted by Crippen LogP contribution is 2.34. The van der Waals surface area contributed by atoms with E-state index in [4.69, 9.17) is 0 Å². The van der Waals surface area contributed by atoms with E-state index < -0.39 is 15.5 Å². The molecule has 2 rings (SSSR count). The fourth-order valence-electron chi connectivity index (χ4n) is 2.51. The number of benzene rings is 1. The summed E-state index contributed by atoms with van der Waals surface area (Å²) < 4.78 is 61.7. The number of alkyl halides is 3. The van der Waals surface area contributed by atoms with E-state index in [9.17, 15) is 26.4 Å². The van der Waals surface area contributed by atoms with Crippen molar-refractivity contribution in [1.82, 2.24) is 0 Å². The van der Waals surface area contributed by atoms with E-state index in [0.717, 1.165) is 0 Å². The predicted molar refractivity (Wildman–Crippen MR) is 80.6 cm³/mol. The van der Waals surface area contributed by atoms with Gasteiger partial charge in [-0.1, -0.05) is 13.0 Å². The smallest absolute Gasteiger partial charge is 0.312 e. The second-order valence-corrected chi connectivity index (χ2v) is 7.36. The molecule has 1 saturated heterocycles. The molecular weight excluding hydrogens is 333 g/mol. The van der Waals surface area contributed by atoms with Gasteiger partial charge in [0, 0.05) is 18.2 Å². The van der Waals surface area contributed by atoms with Gasteiger partial charge < -0.3 is 4.90 Å². The first-order valence-electron chi connectivity index (χ1n) is 6.96. The lowest BCUT2D eigenvalue weighted by atomic mass is 10.1. The molecule has 128 valence electrons. The Morgan fingerprint density at radius 1 is 1.22 bits per heavy atom. The molecule has 1 aliphatic rings. The molecule has 23 heavy (non-hydrogen) atoms. The number of nitrogens with zero attached hydrogens (tertiary/aromatic N) is 1. The number of hydrogen-bond acceptors (Lipinski definition) is 3. The Bertz CT molecular complexity index is 744. The summed E-state index contributed by atoms with van der Waals surface area (Å²) in [5, 5.41) is 0. The summed E-state index contributed by atoms with van der Waals surface area (Å²) in [5.74, 6) is -0.285. The maximum absolute atomic E-state index is 12.5. The Hall–Kier alpha value is -1.77. The van der Waals surface area contributed by atoms with Crippen molar-refractivity contribution in [3.05, 3.63) is 23.3 Å². The Morgan fingerprint density at radius 3 is 2.30 bits per heavy atom. The van der Waals surface area contributed by atoms with Gasteiger partial charge in [-0.3, -0.25) is 9.52 Å². The van der Waals surface area contributed by atoms with E-state index in [0.29, 0.717) is 29.8 Å². The second-order valence-electron chi connectivity index (χ2n) is 5.68. The lowest BCUT2D eigenvalue weighted by Crippen LogP contribution is -2.31. The quantitative estimate of drug-likeness (QED) is 0.911. The van der Waals surface area contributed by atoms with Gasteiger partial charge in [0.2, 0.25) is 5.91 Å². The predicted octanol–water partition coefficient (Wildman–Crippen LogP) is 2.94. The van der Waals surface area contributed by atoms with Crippen LogP contribution < -0.4 is 9.62 Å². The van der Waals surface area contributed by atoms with Crippen molar-refractivity contribution in [3.8, 4) is 0 Å². The van der Waals surface area contributed by atoms with Crippen molar-refractivity contribution >= 4 is 27.3 Å². The highest BCUT2D eigenvalue weighted by Gasteiger charge is 2.46. The van der Waals surface area contributed by atoms with Crippen LogP contribution in [0.3, 0.4) is 0 Å². The minimum Gasteiger partial charge on any atom is -0.312 e. The first kappa shape index (κ1) is 17.6. The number of anilines is 2. The number of carbonyl (C=O) groups is 1. The first-order chi connectivity index (χ1) is 10.4. The molecule has 1 amide bonds. The van der Waals surface area contributed by atoms with Crippen LogP contribution in [0.2, 0.25) is 0 Å². The minimum absolute atomic E-state index is 0.124. The summed E-state index contributed by atoms with van der Waals surface area (Å²) in [6, 6.07) is 2.84. The number of aryl methyl sites for hydroxylation is 2. The Kier molecular flexibility index (Phi) is 4.36. The van der Waals surface area contributed by atoms with E-state index in [1.54, 1.807) is 24.6 Å². The van der Waals surface area contributed by atoms with Crippen LogP contribution in [0.5, 0.6) is 0 Å². The molecule has 9 heteroatoms. The molecule has 0 aliphatic carbocycles. The van der Waals surface area contributed by atoms with Crippen LogP contribution in [-0.4, -0.2) is 26.4 Å². The van der Waals surface area contributed by atoms with Gasteiger partial charge in [-0.2, -0.15) is 21.6 Å². The normalized spacial score (nSPS) is 19.3. The summed E-state index contributed by atoms with van der Waals surface area (Å²) in [5.41, 5.74) is -4.12. The van der Waals surface area contributed by atoms with E-state index in [1.165, 1.54) is 17.9 Å². The van der Waals surface area contributed by atoms with Gasteiger partial charge in [-0.05, 0) is 37.5 Å². The molecule has 0 aromatic heterocycles. The van der Waals surface area contributed by atoms with Gasteiger partial charge in [-0.15, -0.1) is 0 Å². The van der Waals surface area contributed by atoms with Gasteiger partial charge in [0.25, 0.3) is 0 Å². The van der Waals surface area contributed by atoms with Crippen LogP contribution >= 0.6 is 0 Å². The second kappa shape index (κ2) is 5.70. The van der Waals surface area contributed by atoms with E-state index in [2.05, 4.69) is 0 Å². The van der Waals surface area contributed by atoms with Crippen molar-refractivity contribution in [2.24, 2.45) is 5.92 Å². The average Bonchev–Trinajstić information content (AvgIpc) is 2.72. The third-order valence-corrected chi connectivity index (χ3v) is 4.95. The first-order valence-corrected chi connectivity index (χ1v) is 8.44. The number of hydrogen-bond donors (Lipinski definition) is 1. The van der Waals surface area contributed by atoms with Crippen molar-refractivity contribution in [3.63, 3.8) is 0 Å². The number of sulfonamides is 1. The lowest BCUT2D eigenvalue weighted by Gasteiger charge is -2.22. The van der Waals surface area contributed by atoms with Gasteiger partial charge in [0.15, 0.2) is 0 Å². The van der Waals surface area contributed by atoms with Crippen LogP contribution in [0.4, 0.5) is 24.5 Å². The zero-order chi connectivity index (χ0) is 17.6. The van der Waals surface area contributed by atoms with E-state index >= 15 is 0 Å². The van der Waals surface area contributed by atoms with Crippen LogP contribution in [0.15, 0.2) is 12.1 Å². The molecule has 1 aromatic rings. The van der Waals surface area contributed by atoms with E-state index in [-0.39, 0.29) is 17.5 Å². The van der Waals surface area contributed by atoms with Crippen molar-refractivity contribution in [2.75, 3.05) is 16.2 Å². The van der Waals surface area contributed by atoms with Crippen LogP contribution in [-0.2, 0) is 14.8 Å². The average molecular weight is 350 g/mol. The summed E-state index contributed by atoms with van der Waals surface area (Å²) in [6.07, 6.45) is 0.649. The third-order valence-electron chi connectivity index (χ3n) is 3.86. The molecule has 1 aliphatic heterocycles. The maximum atomic E-state index is 12.5. The van der Waals surface area contributed by atoms with E-state index in [1.807, 2.05) is 0 Å². The minimum atomic E-state index is -5.50. The van der Waals surface area contributed by atoms with Crippen LogP contribution in [0, 0.1) is 19.8 Å². The highest BCUT2D eigenvalue weighted by molar-refractivity contribution is 7.93. The van der Waals surface area contributed by atoms with Gasteiger partial charge >= 0.3 is 15.5 Å². The van der Waals surface area contributed by atoms with Crippen LogP contribution in [0.1, 0.15) is 24.5 Å². The molecule has 0 bridgehead atoms. The Labute approximate surface area is 132 Å². The largest absolute Gasteiger partial charge is 0.516 e. The van der Waals surface area contributed by atoms with Crippen molar-refractivity contribution < 1.29 is 26.4 Å². The number of carbonyl (C=O) groups excluding carboxylic acids is 1. The number of halogens is 3. The van der Waals surface area contributed by atoms with Crippen LogP contribution in [0.25, 0.3) is 0 Å². The SMILES string of the molecule is Cc1cc(C)c(N2CCC(C)C2=O)cc1NS(=O)(=O)C(F)(F)F. The zero-order valence-electron chi connectivity index (χ0n) is 12.9. The highest BCUT2D eigenvalue weighted by atomic mass is 32.2. The zero-order valence-corrected chi connectivity index (χ0v) is 13.7. The molecule has 0 saturated carbocycles. The Balaban J connectivity index is 2.44. The molecule has 1 atom stereocenters. The fourth-order valence-corrected chi connectivity index (χ4v) is 3.13. The van der Waals surface area contributed by atoms with Gasteiger partial charge in [-0.25, -0.2) is 0 Å². The Morgan fingerprint density at radius 2 is 1.83 bits per heavy atom.